The van der Waals surface area contributed by atoms with Crippen molar-refractivity contribution < 1.29 is 4.79 Å². The van der Waals surface area contributed by atoms with Crippen molar-refractivity contribution in [3.8, 4) is 0 Å². The molecule has 1 aliphatic heterocycles. The van der Waals surface area contributed by atoms with Crippen LogP contribution in [0, 0.1) is 12.8 Å². The largest absolute Gasteiger partial charge is 0.356 e. The molecule has 5 heteroatoms. The lowest BCUT2D eigenvalue weighted by Crippen LogP contribution is -2.29. The number of aromatic nitrogens is 2. The van der Waals surface area contributed by atoms with Crippen molar-refractivity contribution in [3.63, 3.8) is 0 Å². The third kappa shape index (κ3) is 3.56. The molecule has 2 N–H and O–H groups in total. The quantitative estimate of drug-likeness (QED) is 0.834. The predicted octanol–water partition coefficient (Wildman–Crippen LogP) is 1.000. The minimum Gasteiger partial charge on any atom is -0.356 e. The van der Waals surface area contributed by atoms with Gasteiger partial charge in [0.05, 0.1) is 5.69 Å². The van der Waals surface area contributed by atoms with Gasteiger partial charge in [-0.15, -0.1) is 0 Å². The standard InChI is InChI=1S/C14H24N4O/c1-10(2)8-16-14(19)5-7-18-11(3)17-12-9-15-6-4-13(12)18/h10,15H,4-9H2,1-3H3,(H,16,19). The van der Waals surface area contributed by atoms with Crippen LogP contribution in [0.1, 0.15) is 37.5 Å². The second-order valence-corrected chi connectivity index (χ2v) is 5.58. The molecule has 0 aliphatic carbocycles. The molecule has 106 valence electrons. The number of hydrogen-bond acceptors (Lipinski definition) is 3. The average Bonchev–Trinajstić information content (AvgIpc) is 2.69. The van der Waals surface area contributed by atoms with Gasteiger partial charge in [0.25, 0.3) is 0 Å². The van der Waals surface area contributed by atoms with Crippen LogP contribution in [0.2, 0.25) is 0 Å². The number of carbonyl (C=O) groups excluding carboxylic acids is 1. The van der Waals surface area contributed by atoms with Crippen LogP contribution in [0.4, 0.5) is 0 Å². The molecule has 1 aromatic rings. The van der Waals surface area contributed by atoms with Crippen LogP contribution in [-0.2, 0) is 24.3 Å². The Bertz CT molecular complexity index is 451. The van der Waals surface area contributed by atoms with E-state index in [0.717, 1.165) is 44.1 Å². The number of hydrogen-bond donors (Lipinski definition) is 2. The summed E-state index contributed by atoms with van der Waals surface area (Å²) >= 11 is 0. The molecular formula is C14H24N4O. The zero-order chi connectivity index (χ0) is 13.8. The lowest BCUT2D eigenvalue weighted by molar-refractivity contribution is -0.121. The molecule has 1 aromatic heterocycles. The maximum atomic E-state index is 11.8. The SMILES string of the molecule is Cc1nc2c(n1CCC(=O)NCC(C)C)CCNC2. The molecule has 0 bridgehead atoms. The van der Waals surface area contributed by atoms with E-state index in [4.69, 9.17) is 0 Å². The molecule has 5 nitrogen and oxygen atoms in total. The van der Waals surface area contributed by atoms with E-state index in [9.17, 15) is 4.79 Å². The molecule has 1 aliphatic rings. The Hall–Kier alpha value is -1.36. The average molecular weight is 264 g/mol. The van der Waals surface area contributed by atoms with Gasteiger partial charge in [0.15, 0.2) is 0 Å². The number of carbonyl (C=O) groups is 1. The van der Waals surface area contributed by atoms with Crippen LogP contribution in [-0.4, -0.2) is 28.5 Å². The van der Waals surface area contributed by atoms with Gasteiger partial charge in [0, 0.05) is 44.7 Å². The number of fused-ring (bicyclic) bond motifs is 1. The molecular weight excluding hydrogens is 240 g/mol. The van der Waals surface area contributed by atoms with E-state index in [-0.39, 0.29) is 5.91 Å². The van der Waals surface area contributed by atoms with Crippen LogP contribution in [0.3, 0.4) is 0 Å². The lowest BCUT2D eigenvalue weighted by atomic mass is 10.2. The number of rotatable bonds is 5. The Kier molecular flexibility index (Phi) is 4.58. The van der Waals surface area contributed by atoms with Gasteiger partial charge in [-0.05, 0) is 12.8 Å². The minimum absolute atomic E-state index is 0.129. The van der Waals surface area contributed by atoms with Crippen molar-refractivity contribution in [2.75, 3.05) is 13.1 Å². The molecule has 0 spiro atoms. The van der Waals surface area contributed by atoms with Crippen molar-refractivity contribution in [2.24, 2.45) is 5.92 Å². The minimum atomic E-state index is 0.129. The molecule has 0 saturated heterocycles. The first-order valence-corrected chi connectivity index (χ1v) is 7.10. The van der Waals surface area contributed by atoms with Crippen LogP contribution in [0.15, 0.2) is 0 Å². The molecule has 0 atom stereocenters. The van der Waals surface area contributed by atoms with Crippen molar-refractivity contribution in [1.82, 2.24) is 20.2 Å². The van der Waals surface area contributed by atoms with Crippen LogP contribution in [0.5, 0.6) is 0 Å². The second kappa shape index (κ2) is 6.19. The number of aryl methyl sites for hydroxylation is 1. The van der Waals surface area contributed by atoms with E-state index in [2.05, 4.69) is 34.0 Å². The highest BCUT2D eigenvalue weighted by Crippen LogP contribution is 2.16. The fourth-order valence-electron chi connectivity index (χ4n) is 2.42. The molecule has 0 aromatic carbocycles. The van der Waals surface area contributed by atoms with Gasteiger partial charge < -0.3 is 15.2 Å². The molecule has 0 unspecified atom stereocenters. The maximum Gasteiger partial charge on any atom is 0.221 e. The Morgan fingerprint density at radius 1 is 1.53 bits per heavy atom. The smallest absolute Gasteiger partial charge is 0.221 e. The van der Waals surface area contributed by atoms with Gasteiger partial charge in [-0.25, -0.2) is 4.98 Å². The van der Waals surface area contributed by atoms with Crippen molar-refractivity contribution in [3.05, 3.63) is 17.2 Å². The fraction of sp³-hybridized carbons (Fsp3) is 0.714. The molecule has 1 amide bonds. The monoisotopic (exact) mass is 264 g/mol. The Morgan fingerprint density at radius 3 is 3.05 bits per heavy atom. The highest BCUT2D eigenvalue weighted by atomic mass is 16.1. The van der Waals surface area contributed by atoms with Gasteiger partial charge in [-0.3, -0.25) is 4.79 Å². The Labute approximate surface area is 114 Å². The summed E-state index contributed by atoms with van der Waals surface area (Å²) < 4.78 is 2.20. The summed E-state index contributed by atoms with van der Waals surface area (Å²) in [7, 11) is 0. The molecule has 0 radical (unpaired) electrons. The summed E-state index contributed by atoms with van der Waals surface area (Å²) in [6, 6.07) is 0. The highest BCUT2D eigenvalue weighted by Gasteiger charge is 2.17. The number of imidazole rings is 1. The summed E-state index contributed by atoms with van der Waals surface area (Å²) in [4.78, 5) is 16.3. The highest BCUT2D eigenvalue weighted by molar-refractivity contribution is 5.75. The van der Waals surface area contributed by atoms with E-state index in [1.54, 1.807) is 0 Å². The van der Waals surface area contributed by atoms with Gasteiger partial charge in [0.1, 0.15) is 5.82 Å². The molecule has 2 heterocycles. The second-order valence-electron chi connectivity index (χ2n) is 5.58. The lowest BCUT2D eigenvalue weighted by Gasteiger charge is -2.16. The topological polar surface area (TPSA) is 59.0 Å². The normalized spacial score (nSPS) is 14.5. The van der Waals surface area contributed by atoms with Crippen molar-refractivity contribution >= 4 is 5.91 Å². The van der Waals surface area contributed by atoms with E-state index in [1.165, 1.54) is 5.69 Å². The van der Waals surface area contributed by atoms with Crippen molar-refractivity contribution in [2.45, 2.75) is 46.7 Å². The predicted molar refractivity (Wildman–Crippen MR) is 74.8 cm³/mol. The zero-order valence-electron chi connectivity index (χ0n) is 12.1. The number of amides is 1. The fourth-order valence-corrected chi connectivity index (χ4v) is 2.42. The summed E-state index contributed by atoms with van der Waals surface area (Å²) in [6.45, 7) is 9.56. The van der Waals surface area contributed by atoms with Crippen LogP contribution < -0.4 is 10.6 Å². The third-order valence-corrected chi connectivity index (χ3v) is 3.45. The van der Waals surface area contributed by atoms with Gasteiger partial charge >= 0.3 is 0 Å². The Balaban J connectivity index is 1.92. The summed E-state index contributed by atoms with van der Waals surface area (Å²) in [5.41, 5.74) is 2.44. The maximum absolute atomic E-state index is 11.8. The van der Waals surface area contributed by atoms with E-state index < -0.39 is 0 Å². The first kappa shape index (κ1) is 14.1. The van der Waals surface area contributed by atoms with Gasteiger partial charge in [-0.1, -0.05) is 13.8 Å². The van der Waals surface area contributed by atoms with E-state index in [0.29, 0.717) is 12.3 Å². The van der Waals surface area contributed by atoms with E-state index >= 15 is 0 Å². The molecule has 19 heavy (non-hydrogen) atoms. The number of nitrogens with zero attached hydrogens (tertiary/aromatic N) is 2. The van der Waals surface area contributed by atoms with Gasteiger partial charge in [0.2, 0.25) is 5.91 Å². The van der Waals surface area contributed by atoms with Gasteiger partial charge in [-0.2, -0.15) is 0 Å². The Morgan fingerprint density at radius 2 is 2.32 bits per heavy atom. The summed E-state index contributed by atoms with van der Waals surface area (Å²) in [5, 5.41) is 6.28. The number of nitrogens with one attached hydrogen (secondary N) is 2. The summed E-state index contributed by atoms with van der Waals surface area (Å²) in [6.07, 6.45) is 1.54. The first-order chi connectivity index (χ1) is 9.08. The van der Waals surface area contributed by atoms with Crippen molar-refractivity contribution in [1.29, 1.82) is 0 Å². The molecule has 0 fully saturated rings. The molecule has 0 saturated carbocycles. The van der Waals surface area contributed by atoms with E-state index in [1.807, 2.05) is 6.92 Å². The van der Waals surface area contributed by atoms with Crippen LogP contribution >= 0.6 is 0 Å². The summed E-state index contributed by atoms with van der Waals surface area (Å²) in [5.74, 6) is 1.65. The first-order valence-electron chi connectivity index (χ1n) is 7.10. The van der Waals surface area contributed by atoms with Crippen LogP contribution in [0.25, 0.3) is 0 Å². The molecule has 2 rings (SSSR count). The zero-order valence-corrected chi connectivity index (χ0v) is 12.1. The third-order valence-electron chi connectivity index (χ3n) is 3.45.